The monoisotopic (exact) mass is 379 g/mol. The van der Waals surface area contributed by atoms with Crippen LogP contribution in [0.25, 0.3) is 11.0 Å². The van der Waals surface area contributed by atoms with Crippen LogP contribution in [-0.2, 0) is 11.2 Å². The summed E-state index contributed by atoms with van der Waals surface area (Å²) in [5, 5.41) is 5.04. The minimum Gasteiger partial charge on any atom is -0.454 e. The van der Waals surface area contributed by atoms with Gasteiger partial charge in [0.05, 0.1) is 11.8 Å². The van der Waals surface area contributed by atoms with E-state index in [0.29, 0.717) is 16.8 Å². The van der Waals surface area contributed by atoms with E-state index in [2.05, 4.69) is 17.0 Å². The second-order valence-electron chi connectivity index (χ2n) is 7.12. The third kappa shape index (κ3) is 4.44. The van der Waals surface area contributed by atoms with Gasteiger partial charge in [0.1, 0.15) is 0 Å². The van der Waals surface area contributed by atoms with Gasteiger partial charge in [-0.25, -0.2) is 14.5 Å². The zero-order valence-electron chi connectivity index (χ0n) is 16.5. The Morgan fingerprint density at radius 1 is 1.11 bits per heavy atom. The highest BCUT2D eigenvalue weighted by Crippen LogP contribution is 2.17. The molecular formula is C22H25N3O3. The maximum absolute atomic E-state index is 12.3. The Labute approximate surface area is 164 Å². The van der Waals surface area contributed by atoms with Gasteiger partial charge in [-0.3, -0.25) is 4.79 Å². The topological polar surface area (TPSA) is 74.1 Å². The summed E-state index contributed by atoms with van der Waals surface area (Å²) >= 11 is 0. The highest BCUT2D eigenvalue weighted by Gasteiger charge is 2.15. The first-order valence-electron chi connectivity index (χ1n) is 9.62. The first kappa shape index (κ1) is 19.7. The van der Waals surface area contributed by atoms with Crippen LogP contribution in [0, 0.1) is 0 Å². The van der Waals surface area contributed by atoms with Crippen molar-refractivity contribution < 1.29 is 14.3 Å². The van der Waals surface area contributed by atoms with Crippen molar-refractivity contribution in [1.82, 2.24) is 14.8 Å². The first-order valence-corrected chi connectivity index (χ1v) is 9.62. The largest absolute Gasteiger partial charge is 0.454 e. The Morgan fingerprint density at radius 3 is 2.54 bits per heavy atom. The number of unbranched alkanes of at least 4 members (excludes halogenated alkanes) is 1. The molecule has 146 valence electrons. The van der Waals surface area contributed by atoms with E-state index in [0.717, 1.165) is 24.6 Å². The van der Waals surface area contributed by atoms with E-state index < -0.39 is 5.97 Å². The van der Waals surface area contributed by atoms with Crippen LogP contribution in [0.2, 0.25) is 0 Å². The minimum atomic E-state index is -0.570. The van der Waals surface area contributed by atoms with Crippen LogP contribution in [0.15, 0.2) is 42.7 Å². The average molecular weight is 379 g/mol. The summed E-state index contributed by atoms with van der Waals surface area (Å²) in [6, 6.07) is 9.34. The van der Waals surface area contributed by atoms with Crippen LogP contribution in [0.4, 0.5) is 0 Å². The zero-order valence-corrected chi connectivity index (χ0v) is 16.5. The molecule has 28 heavy (non-hydrogen) atoms. The van der Waals surface area contributed by atoms with Crippen molar-refractivity contribution in [2.45, 2.75) is 46.1 Å². The number of hydrogen-bond donors (Lipinski definition) is 0. The van der Waals surface area contributed by atoms with Gasteiger partial charge in [-0.15, -0.1) is 0 Å². The lowest BCUT2D eigenvalue weighted by Crippen LogP contribution is -2.14. The normalized spacial score (nSPS) is 11.1. The number of aromatic nitrogens is 3. The molecule has 1 aromatic carbocycles. The van der Waals surface area contributed by atoms with Gasteiger partial charge in [-0.2, -0.15) is 5.10 Å². The number of pyridine rings is 1. The Hall–Kier alpha value is -3.02. The molecule has 0 aliphatic carbocycles. The second-order valence-corrected chi connectivity index (χ2v) is 7.12. The fourth-order valence-corrected chi connectivity index (χ4v) is 2.97. The molecule has 0 amide bonds. The summed E-state index contributed by atoms with van der Waals surface area (Å²) in [7, 11) is 0. The van der Waals surface area contributed by atoms with Crippen molar-refractivity contribution in [3.8, 4) is 0 Å². The molecule has 0 spiro atoms. The Bertz CT molecular complexity index is 974. The summed E-state index contributed by atoms with van der Waals surface area (Å²) in [4.78, 5) is 28.9. The minimum absolute atomic E-state index is 0.175. The Balaban J connectivity index is 1.61. The second kappa shape index (κ2) is 8.78. The number of ketones is 1. The molecule has 0 aliphatic rings. The van der Waals surface area contributed by atoms with Crippen molar-refractivity contribution in [3.05, 3.63) is 59.4 Å². The number of fused-ring (bicyclic) bond motifs is 1. The molecular weight excluding hydrogens is 354 g/mol. The van der Waals surface area contributed by atoms with E-state index in [-0.39, 0.29) is 18.4 Å². The maximum atomic E-state index is 12.3. The summed E-state index contributed by atoms with van der Waals surface area (Å²) in [5.41, 5.74) is 2.76. The van der Waals surface area contributed by atoms with Gasteiger partial charge in [0.2, 0.25) is 0 Å². The predicted octanol–water partition coefficient (Wildman–Crippen LogP) is 4.39. The van der Waals surface area contributed by atoms with Crippen LogP contribution >= 0.6 is 0 Å². The number of hydrogen-bond acceptors (Lipinski definition) is 5. The summed E-state index contributed by atoms with van der Waals surface area (Å²) < 4.78 is 6.98. The quantitative estimate of drug-likeness (QED) is 0.428. The molecule has 0 saturated heterocycles. The molecule has 0 bridgehead atoms. The number of benzene rings is 1. The molecule has 2 heterocycles. The molecule has 3 rings (SSSR count). The maximum Gasteiger partial charge on any atom is 0.340 e. The molecule has 0 radical (unpaired) electrons. The summed E-state index contributed by atoms with van der Waals surface area (Å²) in [6.45, 7) is 5.88. The lowest BCUT2D eigenvalue weighted by molar-refractivity contribution is 0.0474. The number of rotatable bonds is 8. The van der Waals surface area contributed by atoms with Crippen molar-refractivity contribution >= 4 is 22.8 Å². The van der Waals surface area contributed by atoms with E-state index in [1.165, 1.54) is 11.8 Å². The van der Waals surface area contributed by atoms with E-state index in [1.807, 2.05) is 26.0 Å². The third-order valence-electron chi connectivity index (χ3n) is 4.59. The fourth-order valence-electron chi connectivity index (χ4n) is 2.97. The van der Waals surface area contributed by atoms with Crippen molar-refractivity contribution in [3.63, 3.8) is 0 Å². The van der Waals surface area contributed by atoms with Crippen molar-refractivity contribution in [1.29, 1.82) is 0 Å². The van der Waals surface area contributed by atoms with Crippen LogP contribution in [0.3, 0.4) is 0 Å². The summed E-state index contributed by atoms with van der Waals surface area (Å²) in [6.07, 6.45) is 6.39. The van der Waals surface area contributed by atoms with Gasteiger partial charge in [0, 0.05) is 23.2 Å². The van der Waals surface area contributed by atoms with Gasteiger partial charge in [-0.05, 0) is 38.3 Å². The molecule has 6 heteroatoms. The lowest BCUT2D eigenvalue weighted by atomic mass is 10.0. The average Bonchev–Trinajstić information content (AvgIpc) is 3.14. The molecule has 0 fully saturated rings. The molecule has 2 aromatic heterocycles. The van der Waals surface area contributed by atoms with E-state index in [4.69, 9.17) is 4.74 Å². The number of Topliss-reactive ketones (excluding diaryl/α,β-unsaturated/α-hetero) is 1. The van der Waals surface area contributed by atoms with Gasteiger partial charge in [0.25, 0.3) is 0 Å². The van der Waals surface area contributed by atoms with Crippen LogP contribution in [-0.4, -0.2) is 33.1 Å². The number of esters is 1. The highest BCUT2D eigenvalue weighted by atomic mass is 16.5. The highest BCUT2D eigenvalue weighted by molar-refractivity contribution is 5.99. The molecule has 0 atom stereocenters. The van der Waals surface area contributed by atoms with Crippen molar-refractivity contribution in [2.24, 2.45) is 0 Å². The lowest BCUT2D eigenvalue weighted by Gasteiger charge is -2.07. The molecule has 0 N–H and O–H groups in total. The molecule has 0 saturated carbocycles. The van der Waals surface area contributed by atoms with E-state index in [1.54, 1.807) is 29.1 Å². The Kier molecular flexibility index (Phi) is 6.19. The standard InChI is InChI=1S/C22H25N3O3/c1-4-5-6-16-7-9-17(10-8-16)20(26)14-28-22(27)19-11-18-13-24-25(15(2)3)21(18)23-12-19/h7-13,15H,4-6,14H2,1-3H3. The number of aryl methyl sites for hydroxylation is 1. The Morgan fingerprint density at radius 2 is 1.86 bits per heavy atom. The molecule has 0 aliphatic heterocycles. The van der Waals surface area contributed by atoms with Gasteiger partial charge in [0.15, 0.2) is 18.0 Å². The van der Waals surface area contributed by atoms with E-state index in [9.17, 15) is 9.59 Å². The van der Waals surface area contributed by atoms with Crippen LogP contribution < -0.4 is 0 Å². The number of carbonyl (C=O) groups excluding carboxylic acids is 2. The van der Waals surface area contributed by atoms with Gasteiger partial charge < -0.3 is 4.74 Å². The van der Waals surface area contributed by atoms with Gasteiger partial charge in [-0.1, -0.05) is 37.6 Å². The zero-order chi connectivity index (χ0) is 20.1. The van der Waals surface area contributed by atoms with E-state index >= 15 is 0 Å². The number of nitrogens with zero attached hydrogens (tertiary/aromatic N) is 3. The van der Waals surface area contributed by atoms with Crippen LogP contribution in [0.5, 0.6) is 0 Å². The fraction of sp³-hybridized carbons (Fsp3) is 0.364. The summed E-state index contributed by atoms with van der Waals surface area (Å²) in [5.74, 6) is -0.795. The van der Waals surface area contributed by atoms with Crippen molar-refractivity contribution in [2.75, 3.05) is 6.61 Å². The molecule has 6 nitrogen and oxygen atoms in total. The van der Waals surface area contributed by atoms with Gasteiger partial charge >= 0.3 is 5.97 Å². The SMILES string of the molecule is CCCCc1ccc(C(=O)COC(=O)c2cnc3c(cnn3C(C)C)c2)cc1. The predicted molar refractivity (Wildman–Crippen MR) is 108 cm³/mol. The van der Waals surface area contributed by atoms with Crippen LogP contribution in [0.1, 0.15) is 65.9 Å². The molecule has 0 unspecified atom stereocenters. The number of carbonyl (C=O) groups is 2. The first-order chi connectivity index (χ1) is 13.5. The molecule has 3 aromatic rings. The third-order valence-corrected chi connectivity index (χ3v) is 4.59. The number of ether oxygens (including phenoxy) is 1. The smallest absolute Gasteiger partial charge is 0.340 e.